The van der Waals surface area contributed by atoms with E-state index >= 15 is 0 Å². The number of hydrogen-bond acceptors (Lipinski definition) is 6. The Morgan fingerprint density at radius 2 is 2.40 bits per heavy atom. The first kappa shape index (κ1) is 10.3. The fourth-order valence-electron chi connectivity index (χ4n) is 1.16. The van der Waals surface area contributed by atoms with E-state index in [1.165, 1.54) is 0 Å². The van der Waals surface area contributed by atoms with Gasteiger partial charge in [0.25, 0.3) is 0 Å². The third-order valence-electron chi connectivity index (χ3n) is 2.05. The fraction of sp³-hybridized carbons (Fsp3) is 0.333. The van der Waals surface area contributed by atoms with E-state index in [1.807, 2.05) is 17.7 Å². The molecule has 0 saturated heterocycles. The summed E-state index contributed by atoms with van der Waals surface area (Å²) in [6.07, 6.45) is 0. The van der Waals surface area contributed by atoms with Crippen molar-refractivity contribution in [1.29, 1.82) is 0 Å². The molecule has 0 aliphatic heterocycles. The monoisotopic (exact) mass is 225 g/mol. The van der Waals surface area contributed by atoms with Crippen molar-refractivity contribution in [2.24, 2.45) is 5.73 Å². The Labute approximate surface area is 90.5 Å². The van der Waals surface area contributed by atoms with Gasteiger partial charge in [0.15, 0.2) is 0 Å². The number of nitrogens with zero attached hydrogens (tertiary/aromatic N) is 2. The summed E-state index contributed by atoms with van der Waals surface area (Å²) < 4.78 is 4.95. The van der Waals surface area contributed by atoms with Crippen molar-refractivity contribution in [3.8, 4) is 11.4 Å². The van der Waals surface area contributed by atoms with Crippen molar-refractivity contribution >= 4 is 11.3 Å². The molecule has 2 heterocycles. The number of thiophene rings is 1. The van der Waals surface area contributed by atoms with Crippen molar-refractivity contribution in [2.75, 3.05) is 6.61 Å². The molecule has 5 nitrogen and oxygen atoms in total. The fourth-order valence-corrected chi connectivity index (χ4v) is 1.99. The van der Waals surface area contributed by atoms with E-state index in [9.17, 15) is 0 Å². The van der Waals surface area contributed by atoms with Crippen LogP contribution in [0.25, 0.3) is 11.4 Å². The number of aliphatic hydroxyl groups is 1. The molecule has 0 bridgehead atoms. The van der Waals surface area contributed by atoms with Crippen LogP contribution in [-0.2, 0) is 0 Å². The van der Waals surface area contributed by atoms with Crippen LogP contribution in [0, 0.1) is 6.92 Å². The largest absolute Gasteiger partial charge is 0.394 e. The molecule has 0 aliphatic rings. The normalized spacial score (nSPS) is 13.0. The second-order valence-corrected chi connectivity index (χ2v) is 3.96. The van der Waals surface area contributed by atoms with Crippen molar-refractivity contribution < 1.29 is 9.63 Å². The lowest BCUT2D eigenvalue weighted by Crippen LogP contribution is -2.14. The summed E-state index contributed by atoms with van der Waals surface area (Å²) in [7, 11) is 0. The topological polar surface area (TPSA) is 85.2 Å². The van der Waals surface area contributed by atoms with Gasteiger partial charge in [-0.1, -0.05) is 5.16 Å². The lowest BCUT2D eigenvalue weighted by atomic mass is 10.2. The van der Waals surface area contributed by atoms with Crippen LogP contribution in [0.1, 0.15) is 17.5 Å². The van der Waals surface area contributed by atoms with E-state index in [0.29, 0.717) is 5.82 Å². The summed E-state index contributed by atoms with van der Waals surface area (Å²) >= 11 is 1.58. The minimum absolute atomic E-state index is 0.204. The minimum atomic E-state index is -0.606. The average molecular weight is 225 g/mol. The molecule has 0 saturated carbocycles. The van der Waals surface area contributed by atoms with E-state index in [-0.39, 0.29) is 12.5 Å². The van der Waals surface area contributed by atoms with Crippen LogP contribution < -0.4 is 5.73 Å². The van der Waals surface area contributed by atoms with Crippen LogP contribution in [-0.4, -0.2) is 21.9 Å². The third-order valence-corrected chi connectivity index (χ3v) is 2.91. The van der Waals surface area contributed by atoms with Gasteiger partial charge in [0.2, 0.25) is 11.7 Å². The predicted molar refractivity (Wildman–Crippen MR) is 56.4 cm³/mol. The molecule has 1 unspecified atom stereocenters. The Balaban J connectivity index is 2.32. The Morgan fingerprint density at radius 1 is 1.60 bits per heavy atom. The molecule has 15 heavy (non-hydrogen) atoms. The van der Waals surface area contributed by atoms with Gasteiger partial charge in [0.1, 0.15) is 6.04 Å². The summed E-state index contributed by atoms with van der Waals surface area (Å²) in [5, 5.41) is 16.6. The molecule has 1 atom stereocenters. The Bertz CT molecular complexity index is 452. The van der Waals surface area contributed by atoms with Gasteiger partial charge in [-0.15, -0.1) is 0 Å². The van der Waals surface area contributed by atoms with Gasteiger partial charge in [-0.05, 0) is 17.9 Å². The molecule has 0 spiro atoms. The Kier molecular flexibility index (Phi) is 2.81. The molecular formula is C9H11N3O2S. The van der Waals surface area contributed by atoms with Gasteiger partial charge in [0.05, 0.1) is 6.61 Å². The minimum Gasteiger partial charge on any atom is -0.394 e. The second-order valence-electron chi connectivity index (χ2n) is 3.21. The first-order chi connectivity index (χ1) is 7.22. The maximum atomic E-state index is 8.83. The molecule has 0 amide bonds. The van der Waals surface area contributed by atoms with E-state index in [0.717, 1.165) is 11.1 Å². The lowest BCUT2D eigenvalue weighted by molar-refractivity contribution is 0.237. The van der Waals surface area contributed by atoms with Crippen LogP contribution in [0.5, 0.6) is 0 Å². The number of aliphatic hydroxyl groups excluding tert-OH is 1. The number of hydrogen-bond donors (Lipinski definition) is 2. The Hall–Kier alpha value is -1.24. The summed E-state index contributed by atoms with van der Waals surface area (Å²) in [6.45, 7) is 1.78. The van der Waals surface area contributed by atoms with Crippen molar-refractivity contribution in [1.82, 2.24) is 10.1 Å². The number of nitrogens with two attached hydrogens (primary N) is 1. The van der Waals surface area contributed by atoms with Gasteiger partial charge < -0.3 is 15.4 Å². The Morgan fingerprint density at radius 3 is 3.00 bits per heavy atom. The molecule has 0 radical (unpaired) electrons. The molecule has 0 fully saturated rings. The molecule has 2 rings (SSSR count). The zero-order valence-electron chi connectivity index (χ0n) is 8.17. The van der Waals surface area contributed by atoms with Gasteiger partial charge in [-0.3, -0.25) is 0 Å². The molecule has 2 aromatic heterocycles. The highest BCUT2D eigenvalue weighted by Crippen LogP contribution is 2.24. The lowest BCUT2D eigenvalue weighted by Gasteiger charge is -1.98. The quantitative estimate of drug-likeness (QED) is 0.817. The average Bonchev–Trinajstić information content (AvgIpc) is 2.84. The van der Waals surface area contributed by atoms with Crippen LogP contribution in [0.15, 0.2) is 15.3 Å². The SMILES string of the molecule is Cc1cscc1-c1noc(C(N)CO)n1. The van der Waals surface area contributed by atoms with Gasteiger partial charge in [-0.25, -0.2) is 0 Å². The summed E-state index contributed by atoms with van der Waals surface area (Å²) in [5.41, 5.74) is 7.60. The maximum Gasteiger partial charge on any atom is 0.246 e. The van der Waals surface area contributed by atoms with Crippen LogP contribution in [0.4, 0.5) is 0 Å². The molecule has 6 heteroatoms. The van der Waals surface area contributed by atoms with Crippen LogP contribution >= 0.6 is 11.3 Å². The molecule has 3 N–H and O–H groups in total. The van der Waals surface area contributed by atoms with Gasteiger partial charge >= 0.3 is 0 Å². The van der Waals surface area contributed by atoms with E-state index in [4.69, 9.17) is 15.4 Å². The van der Waals surface area contributed by atoms with Crippen molar-refractivity contribution in [3.63, 3.8) is 0 Å². The molecule has 0 aromatic carbocycles. The van der Waals surface area contributed by atoms with E-state index in [2.05, 4.69) is 10.1 Å². The van der Waals surface area contributed by atoms with E-state index in [1.54, 1.807) is 11.3 Å². The molecule has 80 valence electrons. The van der Waals surface area contributed by atoms with Gasteiger partial charge in [0, 0.05) is 10.9 Å². The van der Waals surface area contributed by atoms with Crippen molar-refractivity contribution in [2.45, 2.75) is 13.0 Å². The smallest absolute Gasteiger partial charge is 0.246 e. The van der Waals surface area contributed by atoms with Crippen LogP contribution in [0.2, 0.25) is 0 Å². The summed E-state index contributed by atoms with van der Waals surface area (Å²) in [4.78, 5) is 4.13. The zero-order valence-corrected chi connectivity index (χ0v) is 8.99. The van der Waals surface area contributed by atoms with Gasteiger partial charge in [-0.2, -0.15) is 16.3 Å². The standard InChI is InChI=1S/C9H11N3O2S/c1-5-3-15-4-6(5)8-11-9(14-12-8)7(10)2-13/h3-4,7,13H,2,10H2,1H3. The first-order valence-corrected chi connectivity index (χ1v) is 5.40. The summed E-state index contributed by atoms with van der Waals surface area (Å²) in [5.74, 6) is 0.783. The highest BCUT2D eigenvalue weighted by molar-refractivity contribution is 7.08. The van der Waals surface area contributed by atoms with E-state index < -0.39 is 6.04 Å². The van der Waals surface area contributed by atoms with Crippen molar-refractivity contribution in [3.05, 3.63) is 22.2 Å². The highest BCUT2D eigenvalue weighted by atomic mass is 32.1. The first-order valence-electron chi connectivity index (χ1n) is 4.45. The molecule has 2 aromatic rings. The molecular weight excluding hydrogens is 214 g/mol. The highest BCUT2D eigenvalue weighted by Gasteiger charge is 2.15. The van der Waals surface area contributed by atoms with Crippen LogP contribution in [0.3, 0.4) is 0 Å². The molecule has 0 aliphatic carbocycles. The summed E-state index contributed by atoms with van der Waals surface area (Å²) in [6, 6.07) is -0.606. The third kappa shape index (κ3) is 1.92. The maximum absolute atomic E-state index is 8.83. The zero-order chi connectivity index (χ0) is 10.8. The number of aromatic nitrogens is 2. The number of aryl methyl sites for hydroxylation is 1. The second kappa shape index (κ2) is 4.09. The predicted octanol–water partition coefficient (Wildman–Crippen LogP) is 1.10. The number of rotatable bonds is 3.